The quantitative estimate of drug-likeness (QED) is 0.859. The maximum absolute atomic E-state index is 12.1. The molecule has 0 fully saturated rings. The van der Waals surface area contributed by atoms with Crippen LogP contribution in [0.25, 0.3) is 0 Å². The number of hydrogen-bond acceptors (Lipinski definition) is 3. The first-order chi connectivity index (χ1) is 10.4. The predicted octanol–water partition coefficient (Wildman–Crippen LogP) is 2.96. The number of aromatic carboxylic acids is 1. The zero-order valence-electron chi connectivity index (χ0n) is 12.6. The highest BCUT2D eigenvalue weighted by atomic mass is 16.4. The Kier molecular flexibility index (Phi) is 4.65. The van der Waals surface area contributed by atoms with Gasteiger partial charge in [-0.05, 0) is 23.1 Å². The van der Waals surface area contributed by atoms with Gasteiger partial charge in [-0.25, -0.2) is 4.79 Å². The molecular weight excluding hydrogens is 282 g/mol. The largest absolute Gasteiger partial charge is 0.475 e. The van der Waals surface area contributed by atoms with Crippen molar-refractivity contribution in [3.63, 3.8) is 0 Å². The molecule has 0 bridgehead atoms. The minimum Gasteiger partial charge on any atom is -0.475 e. The molecule has 0 radical (unpaired) electrons. The van der Waals surface area contributed by atoms with Gasteiger partial charge >= 0.3 is 5.97 Å². The van der Waals surface area contributed by atoms with Crippen molar-refractivity contribution in [1.29, 1.82) is 0 Å². The Morgan fingerprint density at radius 1 is 1.14 bits per heavy atom. The molecule has 0 aliphatic carbocycles. The van der Waals surface area contributed by atoms with Crippen LogP contribution in [-0.2, 0) is 16.8 Å². The van der Waals surface area contributed by atoms with Gasteiger partial charge in [-0.3, -0.25) is 4.79 Å². The molecule has 2 aromatic rings. The van der Waals surface area contributed by atoms with Crippen LogP contribution in [0.4, 0.5) is 0 Å². The number of carbonyl (C=O) groups excluding carboxylic acids is 1. The fraction of sp³-hybridized carbons (Fsp3) is 0.294. The van der Waals surface area contributed by atoms with Crippen molar-refractivity contribution >= 4 is 11.9 Å². The molecule has 0 saturated carbocycles. The van der Waals surface area contributed by atoms with E-state index in [9.17, 15) is 9.59 Å². The molecular formula is C17H19NO4. The second-order valence-electron chi connectivity index (χ2n) is 5.77. The summed E-state index contributed by atoms with van der Waals surface area (Å²) in [4.78, 5) is 22.8. The Morgan fingerprint density at radius 2 is 1.82 bits per heavy atom. The van der Waals surface area contributed by atoms with E-state index in [2.05, 4.69) is 5.32 Å². The second kappa shape index (κ2) is 6.47. The summed E-state index contributed by atoms with van der Waals surface area (Å²) >= 11 is 0. The number of carbonyl (C=O) groups is 2. The highest BCUT2D eigenvalue weighted by Crippen LogP contribution is 2.26. The zero-order chi connectivity index (χ0) is 16.2. The van der Waals surface area contributed by atoms with Gasteiger partial charge in [-0.15, -0.1) is 0 Å². The smallest absolute Gasteiger partial charge is 0.371 e. The lowest BCUT2D eigenvalue weighted by atomic mass is 9.81. The molecule has 1 amide bonds. The maximum Gasteiger partial charge on any atom is 0.371 e. The van der Waals surface area contributed by atoms with Crippen molar-refractivity contribution in [1.82, 2.24) is 5.32 Å². The molecule has 2 rings (SSSR count). The Labute approximate surface area is 129 Å². The minimum absolute atomic E-state index is 0.109. The van der Waals surface area contributed by atoms with Crippen molar-refractivity contribution < 1.29 is 19.1 Å². The summed E-state index contributed by atoms with van der Waals surface area (Å²) < 4.78 is 5.10. The van der Waals surface area contributed by atoms with Crippen molar-refractivity contribution in [3.05, 3.63) is 59.5 Å². The van der Waals surface area contributed by atoms with Crippen LogP contribution in [0, 0.1) is 0 Å². The van der Waals surface area contributed by atoms with Crippen molar-refractivity contribution in [2.75, 3.05) is 0 Å². The van der Waals surface area contributed by atoms with E-state index in [-0.39, 0.29) is 23.6 Å². The van der Waals surface area contributed by atoms with Gasteiger partial charge in [0, 0.05) is 6.42 Å². The predicted molar refractivity (Wildman–Crippen MR) is 81.6 cm³/mol. The summed E-state index contributed by atoms with van der Waals surface area (Å²) in [6, 6.07) is 12.8. The summed E-state index contributed by atoms with van der Waals surface area (Å²) in [5, 5.41) is 11.5. The van der Waals surface area contributed by atoms with Crippen LogP contribution < -0.4 is 5.32 Å². The summed E-state index contributed by atoms with van der Waals surface area (Å²) in [5.41, 5.74) is 0.817. The molecule has 1 aromatic heterocycles. The van der Waals surface area contributed by atoms with Gasteiger partial charge in [-0.1, -0.05) is 44.2 Å². The summed E-state index contributed by atoms with van der Waals surface area (Å²) in [5.74, 6) is -0.943. The summed E-state index contributed by atoms with van der Waals surface area (Å²) in [6.45, 7) is 4.20. The molecule has 1 heterocycles. The molecule has 0 saturated heterocycles. The lowest BCUT2D eigenvalue weighted by molar-refractivity contribution is -0.122. The first kappa shape index (κ1) is 15.8. The molecule has 0 aliphatic heterocycles. The minimum atomic E-state index is -1.12. The number of hydrogen-bond donors (Lipinski definition) is 2. The fourth-order valence-electron chi connectivity index (χ4n) is 2.23. The first-order valence-corrected chi connectivity index (χ1v) is 7.03. The van der Waals surface area contributed by atoms with Gasteiger partial charge in [0.1, 0.15) is 5.76 Å². The number of benzene rings is 1. The summed E-state index contributed by atoms with van der Waals surface area (Å²) in [7, 11) is 0. The van der Waals surface area contributed by atoms with Gasteiger partial charge in [0.25, 0.3) is 0 Å². The average Bonchev–Trinajstić information content (AvgIpc) is 2.95. The third-order valence-corrected chi connectivity index (χ3v) is 3.49. The van der Waals surface area contributed by atoms with E-state index in [1.54, 1.807) is 6.07 Å². The molecule has 5 nitrogen and oxygen atoms in total. The van der Waals surface area contributed by atoms with Gasteiger partial charge in [0.15, 0.2) is 0 Å². The molecule has 5 heteroatoms. The lowest BCUT2D eigenvalue weighted by Crippen LogP contribution is -2.30. The molecule has 0 aliphatic rings. The topological polar surface area (TPSA) is 79.5 Å². The molecule has 22 heavy (non-hydrogen) atoms. The van der Waals surface area contributed by atoms with E-state index in [0.29, 0.717) is 12.2 Å². The van der Waals surface area contributed by atoms with E-state index in [1.165, 1.54) is 6.07 Å². The SMILES string of the molecule is CC(C)(CC(=O)NCc1ccc(C(=O)O)o1)c1ccccc1. The van der Waals surface area contributed by atoms with E-state index in [0.717, 1.165) is 5.56 Å². The number of carboxylic acids is 1. The highest BCUT2D eigenvalue weighted by Gasteiger charge is 2.24. The number of rotatable bonds is 6. The fourth-order valence-corrected chi connectivity index (χ4v) is 2.23. The van der Waals surface area contributed by atoms with Crippen LogP contribution in [0.2, 0.25) is 0 Å². The van der Waals surface area contributed by atoms with Crippen LogP contribution >= 0.6 is 0 Å². The van der Waals surface area contributed by atoms with Crippen molar-refractivity contribution in [2.24, 2.45) is 0 Å². The van der Waals surface area contributed by atoms with Crippen LogP contribution in [0.1, 0.15) is 42.1 Å². The van der Waals surface area contributed by atoms with Gasteiger partial charge in [-0.2, -0.15) is 0 Å². The van der Waals surface area contributed by atoms with Gasteiger partial charge in [0.2, 0.25) is 11.7 Å². The Bertz CT molecular complexity index is 658. The second-order valence-corrected chi connectivity index (χ2v) is 5.77. The van der Waals surface area contributed by atoms with Crippen molar-refractivity contribution in [2.45, 2.75) is 32.2 Å². The monoisotopic (exact) mass is 301 g/mol. The maximum atomic E-state index is 12.1. The van der Waals surface area contributed by atoms with Crippen LogP contribution in [0.5, 0.6) is 0 Å². The number of furan rings is 1. The van der Waals surface area contributed by atoms with E-state index in [4.69, 9.17) is 9.52 Å². The molecule has 1 aromatic carbocycles. The van der Waals surface area contributed by atoms with E-state index >= 15 is 0 Å². The molecule has 0 spiro atoms. The molecule has 2 N–H and O–H groups in total. The molecule has 116 valence electrons. The Balaban J connectivity index is 1.91. The van der Waals surface area contributed by atoms with Crippen LogP contribution in [0.3, 0.4) is 0 Å². The van der Waals surface area contributed by atoms with Crippen LogP contribution in [0.15, 0.2) is 46.9 Å². The Hall–Kier alpha value is -2.56. The van der Waals surface area contributed by atoms with Crippen molar-refractivity contribution in [3.8, 4) is 0 Å². The highest BCUT2D eigenvalue weighted by molar-refractivity contribution is 5.84. The normalized spacial score (nSPS) is 11.2. The van der Waals surface area contributed by atoms with E-state index in [1.807, 2.05) is 44.2 Å². The van der Waals surface area contributed by atoms with E-state index < -0.39 is 5.97 Å². The third-order valence-electron chi connectivity index (χ3n) is 3.49. The molecule has 0 unspecified atom stereocenters. The first-order valence-electron chi connectivity index (χ1n) is 7.03. The zero-order valence-corrected chi connectivity index (χ0v) is 12.6. The summed E-state index contributed by atoms with van der Waals surface area (Å²) in [6.07, 6.45) is 0.337. The Morgan fingerprint density at radius 3 is 2.41 bits per heavy atom. The van der Waals surface area contributed by atoms with Crippen LogP contribution in [-0.4, -0.2) is 17.0 Å². The molecule has 0 atom stereocenters. The third kappa shape index (κ3) is 3.97. The average molecular weight is 301 g/mol. The van der Waals surface area contributed by atoms with Gasteiger partial charge in [0.05, 0.1) is 6.54 Å². The lowest BCUT2D eigenvalue weighted by Gasteiger charge is -2.24. The standard InChI is InChI=1S/C17H19NO4/c1-17(2,12-6-4-3-5-7-12)10-15(19)18-11-13-8-9-14(22-13)16(20)21/h3-9H,10-11H2,1-2H3,(H,18,19)(H,20,21). The number of nitrogens with one attached hydrogen (secondary N) is 1. The number of amides is 1. The van der Waals surface area contributed by atoms with Gasteiger partial charge < -0.3 is 14.8 Å². The number of carboxylic acid groups (broad SMARTS) is 1.